The van der Waals surface area contributed by atoms with Crippen molar-refractivity contribution in [3.8, 4) is 5.69 Å². The van der Waals surface area contributed by atoms with Gasteiger partial charge in [0.15, 0.2) is 0 Å². The number of carbonyl (C=O) groups excluding carboxylic acids is 2. The number of anilines is 1. The van der Waals surface area contributed by atoms with Gasteiger partial charge in [-0.05, 0) is 34.1 Å². The summed E-state index contributed by atoms with van der Waals surface area (Å²) in [6.07, 6.45) is 1.78. The predicted octanol–water partition coefficient (Wildman–Crippen LogP) is 1.55. The second-order valence-corrected chi connectivity index (χ2v) is 6.00. The predicted molar refractivity (Wildman–Crippen MR) is 87.8 cm³/mol. The molecule has 4 rings (SSSR count). The van der Waals surface area contributed by atoms with Crippen molar-refractivity contribution in [2.45, 2.75) is 0 Å². The number of hydrogen-bond acceptors (Lipinski definition) is 4. The van der Waals surface area contributed by atoms with Gasteiger partial charge in [-0.15, -0.1) is 0 Å². The van der Waals surface area contributed by atoms with Gasteiger partial charge in [-0.1, -0.05) is 0 Å². The number of halogens is 1. The van der Waals surface area contributed by atoms with Crippen LogP contribution in [0.25, 0.3) is 16.6 Å². The van der Waals surface area contributed by atoms with Gasteiger partial charge in [0.1, 0.15) is 5.82 Å². The lowest BCUT2D eigenvalue weighted by Crippen LogP contribution is -2.24. The van der Waals surface area contributed by atoms with Gasteiger partial charge in [0.25, 0.3) is 17.4 Å². The maximum Gasteiger partial charge on any atom is 0.262 e. The lowest BCUT2D eigenvalue weighted by Gasteiger charge is -2.12. The summed E-state index contributed by atoms with van der Waals surface area (Å²) >= 11 is 3.44. The second-order valence-electron chi connectivity index (χ2n) is 5.14. The van der Waals surface area contributed by atoms with E-state index in [0.29, 0.717) is 5.69 Å². The number of H-pyrrole nitrogens is 1. The molecule has 1 aliphatic rings. The monoisotopic (exact) mass is 372 g/mol. The molecule has 4 N–H and O–H groups in total. The summed E-state index contributed by atoms with van der Waals surface area (Å²) in [5.41, 5.74) is 6.96. The van der Waals surface area contributed by atoms with Gasteiger partial charge < -0.3 is 10.7 Å². The molecular weight excluding hydrogens is 364 g/mol. The molecule has 8 heteroatoms. The van der Waals surface area contributed by atoms with E-state index in [1.165, 1.54) is 4.57 Å². The maximum absolute atomic E-state index is 12.4. The molecule has 0 saturated carbocycles. The second kappa shape index (κ2) is 4.56. The summed E-state index contributed by atoms with van der Waals surface area (Å²) in [5, 5.41) is 3.02. The van der Waals surface area contributed by atoms with Crippen LogP contribution in [0, 0.1) is 0 Å². The van der Waals surface area contributed by atoms with E-state index in [1.54, 1.807) is 18.3 Å². The molecule has 0 aliphatic carbocycles. The van der Waals surface area contributed by atoms with Crippen molar-refractivity contribution in [2.24, 2.45) is 0 Å². The first kappa shape index (κ1) is 13.8. The van der Waals surface area contributed by atoms with Crippen molar-refractivity contribution in [2.75, 3.05) is 5.73 Å². The molecule has 1 aromatic carbocycles. The van der Waals surface area contributed by atoms with Crippen LogP contribution in [0.5, 0.6) is 0 Å². The molecule has 0 spiro atoms. The summed E-state index contributed by atoms with van der Waals surface area (Å²) in [5.74, 6) is -1.26. The molecule has 0 bridgehead atoms. The molecule has 1 aliphatic heterocycles. The van der Waals surface area contributed by atoms with Gasteiger partial charge in [0.2, 0.25) is 0 Å². The van der Waals surface area contributed by atoms with Crippen LogP contribution in [0.4, 0.5) is 5.82 Å². The van der Waals surface area contributed by atoms with Crippen LogP contribution >= 0.6 is 15.9 Å². The van der Waals surface area contributed by atoms with Crippen LogP contribution in [0.1, 0.15) is 20.7 Å². The summed E-state index contributed by atoms with van der Waals surface area (Å²) in [4.78, 5) is 39.0. The van der Waals surface area contributed by atoms with Gasteiger partial charge in [-0.25, -0.2) is 0 Å². The van der Waals surface area contributed by atoms with Gasteiger partial charge in [-0.3, -0.25) is 24.3 Å². The average Bonchev–Trinajstić information content (AvgIpc) is 3.04. The van der Waals surface area contributed by atoms with Crippen LogP contribution in [0.3, 0.4) is 0 Å². The summed E-state index contributed by atoms with van der Waals surface area (Å²) in [7, 11) is 0. The lowest BCUT2D eigenvalue weighted by atomic mass is 10.1. The van der Waals surface area contributed by atoms with Crippen LogP contribution in [-0.2, 0) is 0 Å². The molecule has 0 saturated heterocycles. The Morgan fingerprint density at radius 1 is 1.09 bits per heavy atom. The molecule has 0 radical (unpaired) electrons. The standard InChI is InChI=1S/C15H9BrN4O3/c16-9-4-7(3-6-1-2-18-12(6)9)20-10(21)5-8-11(13(20)17)15(23)19-14(8)22/h1-5,18H,17H2,(H,19,22,23). The molecule has 0 fully saturated rings. The van der Waals surface area contributed by atoms with Crippen LogP contribution < -0.4 is 16.6 Å². The van der Waals surface area contributed by atoms with Gasteiger partial charge >= 0.3 is 0 Å². The van der Waals surface area contributed by atoms with Gasteiger partial charge in [-0.2, -0.15) is 0 Å². The van der Waals surface area contributed by atoms with Gasteiger partial charge in [0, 0.05) is 22.1 Å². The smallest absolute Gasteiger partial charge is 0.262 e. The zero-order valence-corrected chi connectivity index (χ0v) is 13.1. The van der Waals surface area contributed by atoms with E-state index >= 15 is 0 Å². The number of imide groups is 1. The number of fused-ring (bicyclic) bond motifs is 2. The minimum atomic E-state index is -0.608. The van der Waals surface area contributed by atoms with Crippen molar-refractivity contribution < 1.29 is 9.59 Å². The first-order valence-corrected chi connectivity index (χ1v) is 7.45. The Balaban J connectivity index is 2.06. The normalized spacial score (nSPS) is 13.4. The van der Waals surface area contributed by atoms with Crippen molar-refractivity contribution in [1.29, 1.82) is 0 Å². The third kappa shape index (κ3) is 1.85. The topological polar surface area (TPSA) is 110 Å². The highest BCUT2D eigenvalue weighted by Gasteiger charge is 2.31. The molecule has 23 heavy (non-hydrogen) atoms. The maximum atomic E-state index is 12.4. The Labute approximate surface area is 137 Å². The number of nitrogens with one attached hydrogen (secondary N) is 2. The fraction of sp³-hybridized carbons (Fsp3) is 0. The van der Waals surface area contributed by atoms with E-state index in [4.69, 9.17) is 5.73 Å². The van der Waals surface area contributed by atoms with E-state index in [9.17, 15) is 14.4 Å². The number of nitrogens with zero attached hydrogens (tertiary/aromatic N) is 1. The number of nitrogen functional groups attached to an aromatic ring is 1. The highest BCUT2D eigenvalue weighted by atomic mass is 79.9. The van der Waals surface area contributed by atoms with E-state index < -0.39 is 17.4 Å². The minimum Gasteiger partial charge on any atom is -0.384 e. The first-order chi connectivity index (χ1) is 11.0. The molecule has 2 amide bonds. The fourth-order valence-corrected chi connectivity index (χ4v) is 3.36. The zero-order valence-electron chi connectivity index (χ0n) is 11.5. The highest BCUT2D eigenvalue weighted by molar-refractivity contribution is 9.10. The molecule has 3 aromatic rings. The largest absolute Gasteiger partial charge is 0.384 e. The number of amides is 2. The Bertz CT molecular complexity index is 1080. The minimum absolute atomic E-state index is 0.00976. The third-order valence-corrected chi connectivity index (χ3v) is 4.43. The Morgan fingerprint density at radius 3 is 2.65 bits per heavy atom. The molecule has 3 heterocycles. The summed E-state index contributed by atoms with van der Waals surface area (Å²) < 4.78 is 1.97. The quantitative estimate of drug-likeness (QED) is 0.562. The molecule has 0 unspecified atom stereocenters. The number of carbonyl (C=O) groups is 2. The third-order valence-electron chi connectivity index (χ3n) is 3.81. The van der Waals surface area contributed by atoms with Crippen molar-refractivity contribution in [3.05, 3.63) is 56.4 Å². The lowest BCUT2D eigenvalue weighted by molar-refractivity contribution is 0.0880. The van der Waals surface area contributed by atoms with Gasteiger partial charge in [0.05, 0.1) is 22.3 Å². The van der Waals surface area contributed by atoms with E-state index in [0.717, 1.165) is 21.4 Å². The first-order valence-electron chi connectivity index (χ1n) is 6.65. The van der Waals surface area contributed by atoms with Crippen molar-refractivity contribution >= 4 is 44.5 Å². The molecule has 2 aromatic heterocycles. The van der Waals surface area contributed by atoms with E-state index in [-0.39, 0.29) is 16.9 Å². The van der Waals surface area contributed by atoms with E-state index in [2.05, 4.69) is 26.2 Å². The number of aromatic nitrogens is 2. The zero-order chi connectivity index (χ0) is 16.3. The Hall–Kier alpha value is -2.87. The summed E-state index contributed by atoms with van der Waals surface area (Å²) in [6.45, 7) is 0. The number of rotatable bonds is 1. The highest BCUT2D eigenvalue weighted by Crippen LogP contribution is 2.28. The van der Waals surface area contributed by atoms with Crippen molar-refractivity contribution in [3.63, 3.8) is 0 Å². The van der Waals surface area contributed by atoms with Crippen LogP contribution in [-0.4, -0.2) is 21.4 Å². The SMILES string of the molecule is Nc1c2c(cc(=O)n1-c1cc(Br)c3[nH]ccc3c1)C(=O)NC2=O. The Kier molecular flexibility index (Phi) is 2.73. The molecule has 114 valence electrons. The number of nitrogens with two attached hydrogens (primary N) is 1. The fourth-order valence-electron chi connectivity index (χ4n) is 2.79. The van der Waals surface area contributed by atoms with E-state index in [1.807, 2.05) is 6.07 Å². The van der Waals surface area contributed by atoms with Crippen molar-refractivity contribution in [1.82, 2.24) is 14.9 Å². The molecular formula is C15H9BrN4O3. The molecule has 7 nitrogen and oxygen atoms in total. The summed E-state index contributed by atoms with van der Waals surface area (Å²) in [6, 6.07) is 6.47. The van der Waals surface area contributed by atoms with Crippen LogP contribution in [0.15, 0.2) is 39.7 Å². The Morgan fingerprint density at radius 2 is 1.87 bits per heavy atom. The number of hydrogen-bond donors (Lipinski definition) is 3. The number of aromatic amines is 1. The molecule has 0 atom stereocenters. The number of pyridine rings is 1. The number of benzene rings is 1. The average molecular weight is 373 g/mol. The van der Waals surface area contributed by atoms with Crippen LogP contribution in [0.2, 0.25) is 0 Å².